The van der Waals surface area contributed by atoms with Crippen molar-refractivity contribution in [1.82, 2.24) is 9.80 Å². The fourth-order valence-corrected chi connectivity index (χ4v) is 4.18. The van der Waals surface area contributed by atoms with Gasteiger partial charge in [-0.05, 0) is 37.2 Å². The van der Waals surface area contributed by atoms with Gasteiger partial charge in [-0.2, -0.15) is 0 Å². The summed E-state index contributed by atoms with van der Waals surface area (Å²) >= 11 is 1.84. The van der Waals surface area contributed by atoms with E-state index in [1.54, 1.807) is 17.0 Å². The third-order valence-corrected chi connectivity index (χ3v) is 5.70. The molecule has 2 aromatic rings. The summed E-state index contributed by atoms with van der Waals surface area (Å²) in [5.74, 6) is 0.490. The molecule has 1 aliphatic heterocycles. The molecule has 1 heterocycles. The number of rotatable bonds is 6. The van der Waals surface area contributed by atoms with Crippen molar-refractivity contribution in [2.75, 3.05) is 45.6 Å². The molecule has 1 N–H and O–H groups in total. The molecule has 0 unspecified atom stereocenters. The highest BCUT2D eigenvalue weighted by Crippen LogP contribution is 2.24. The van der Waals surface area contributed by atoms with Gasteiger partial charge in [-0.1, -0.05) is 24.3 Å². The van der Waals surface area contributed by atoms with Crippen LogP contribution in [0.25, 0.3) is 0 Å². The summed E-state index contributed by atoms with van der Waals surface area (Å²) in [7, 11) is 1.46. The minimum atomic E-state index is -0.528. The standard InChI is InChI=1S/C21H25FN2O2S.CH2O2/c1-26-19-10-5-9-18(22)20(19)21(25)24-12-6-11-23(13-14-24)15-16-27-17-7-3-2-4-8-17;2-1-3/h2-5,7-10H,6,11-16H2,1H3;1H,(H,2,3). The number of carbonyl (C=O) groups excluding carboxylic acids is 1. The van der Waals surface area contributed by atoms with Gasteiger partial charge in [-0.3, -0.25) is 9.59 Å². The van der Waals surface area contributed by atoms with Gasteiger partial charge in [0.1, 0.15) is 17.1 Å². The maximum absolute atomic E-state index is 14.2. The summed E-state index contributed by atoms with van der Waals surface area (Å²) in [6.07, 6.45) is 0.887. The SMILES string of the molecule is COc1cccc(F)c1C(=O)N1CCCN(CCSc2ccccc2)CC1.O=CO. The first-order chi connectivity index (χ1) is 14.6. The zero-order valence-corrected chi connectivity index (χ0v) is 17.8. The van der Waals surface area contributed by atoms with E-state index in [1.165, 1.54) is 18.1 Å². The van der Waals surface area contributed by atoms with E-state index in [9.17, 15) is 9.18 Å². The van der Waals surface area contributed by atoms with Gasteiger partial charge in [0.05, 0.1) is 7.11 Å². The van der Waals surface area contributed by atoms with Gasteiger partial charge in [-0.25, -0.2) is 4.39 Å². The van der Waals surface area contributed by atoms with Gasteiger partial charge < -0.3 is 19.6 Å². The Morgan fingerprint density at radius 2 is 1.87 bits per heavy atom. The molecular formula is C22H27FN2O4S. The Hall–Kier alpha value is -2.58. The van der Waals surface area contributed by atoms with E-state index in [1.807, 2.05) is 17.8 Å². The van der Waals surface area contributed by atoms with Crippen LogP contribution in [0.15, 0.2) is 53.4 Å². The molecule has 1 fully saturated rings. The number of carbonyl (C=O) groups is 2. The fraction of sp³-hybridized carbons (Fsp3) is 0.364. The van der Waals surface area contributed by atoms with E-state index in [-0.39, 0.29) is 17.9 Å². The molecule has 8 heteroatoms. The molecule has 30 heavy (non-hydrogen) atoms. The Labute approximate surface area is 180 Å². The number of halogens is 1. The fourth-order valence-electron chi connectivity index (χ4n) is 3.25. The molecule has 3 rings (SSSR count). The summed E-state index contributed by atoms with van der Waals surface area (Å²) in [4.78, 5) is 26.6. The van der Waals surface area contributed by atoms with Crippen molar-refractivity contribution < 1.29 is 23.8 Å². The normalized spacial score (nSPS) is 14.3. The van der Waals surface area contributed by atoms with Crippen molar-refractivity contribution in [2.45, 2.75) is 11.3 Å². The summed E-state index contributed by atoms with van der Waals surface area (Å²) in [5.41, 5.74) is 0.0353. The van der Waals surface area contributed by atoms with Crippen molar-refractivity contribution in [2.24, 2.45) is 0 Å². The molecule has 0 aliphatic carbocycles. The topological polar surface area (TPSA) is 70.1 Å². The van der Waals surface area contributed by atoms with E-state index >= 15 is 0 Å². The van der Waals surface area contributed by atoms with Gasteiger partial charge in [0.25, 0.3) is 12.4 Å². The van der Waals surface area contributed by atoms with Gasteiger partial charge in [0.2, 0.25) is 0 Å². The lowest BCUT2D eigenvalue weighted by molar-refractivity contribution is -0.122. The van der Waals surface area contributed by atoms with E-state index in [0.29, 0.717) is 18.8 Å². The Morgan fingerprint density at radius 3 is 2.57 bits per heavy atom. The predicted octanol–water partition coefficient (Wildman–Crippen LogP) is 3.48. The Morgan fingerprint density at radius 1 is 1.13 bits per heavy atom. The lowest BCUT2D eigenvalue weighted by Gasteiger charge is -2.23. The van der Waals surface area contributed by atoms with Crippen LogP contribution in [-0.4, -0.2) is 72.9 Å². The molecule has 0 aromatic heterocycles. The predicted molar refractivity (Wildman–Crippen MR) is 116 cm³/mol. The van der Waals surface area contributed by atoms with E-state index in [2.05, 4.69) is 29.2 Å². The number of ether oxygens (including phenoxy) is 1. The molecule has 162 valence electrons. The van der Waals surface area contributed by atoms with E-state index in [4.69, 9.17) is 14.6 Å². The zero-order valence-electron chi connectivity index (χ0n) is 17.0. The molecule has 0 saturated carbocycles. The average molecular weight is 435 g/mol. The molecule has 6 nitrogen and oxygen atoms in total. The summed E-state index contributed by atoms with van der Waals surface area (Å²) < 4.78 is 19.4. The van der Waals surface area contributed by atoms with Crippen LogP contribution in [0.4, 0.5) is 4.39 Å². The van der Waals surface area contributed by atoms with Crippen LogP contribution in [-0.2, 0) is 4.79 Å². The number of methoxy groups -OCH3 is 1. The lowest BCUT2D eigenvalue weighted by Crippen LogP contribution is -2.36. The third-order valence-electron chi connectivity index (χ3n) is 4.70. The first-order valence-electron chi connectivity index (χ1n) is 9.70. The zero-order chi connectivity index (χ0) is 21.8. The highest BCUT2D eigenvalue weighted by atomic mass is 32.2. The van der Waals surface area contributed by atoms with Crippen molar-refractivity contribution in [3.05, 3.63) is 59.9 Å². The van der Waals surface area contributed by atoms with Gasteiger partial charge >= 0.3 is 0 Å². The number of benzene rings is 2. The number of thioether (sulfide) groups is 1. The highest BCUT2D eigenvalue weighted by molar-refractivity contribution is 7.99. The summed E-state index contributed by atoms with van der Waals surface area (Å²) in [5, 5.41) is 6.89. The first kappa shape index (κ1) is 23.7. The molecular weight excluding hydrogens is 407 g/mol. The number of hydrogen-bond acceptors (Lipinski definition) is 5. The monoisotopic (exact) mass is 434 g/mol. The Balaban J connectivity index is 0.00000101. The smallest absolute Gasteiger partial charge is 0.290 e. The number of carboxylic acid groups (broad SMARTS) is 1. The number of hydrogen-bond donors (Lipinski definition) is 1. The second kappa shape index (κ2) is 12.9. The Bertz CT molecular complexity index is 807. The molecule has 0 bridgehead atoms. The second-order valence-corrected chi connectivity index (χ2v) is 7.74. The van der Waals surface area contributed by atoms with Crippen molar-refractivity contribution in [3.8, 4) is 5.75 Å². The average Bonchev–Trinajstić information content (AvgIpc) is 3.00. The molecule has 2 aromatic carbocycles. The highest BCUT2D eigenvalue weighted by Gasteiger charge is 2.25. The largest absolute Gasteiger partial charge is 0.496 e. The van der Waals surface area contributed by atoms with Crippen molar-refractivity contribution in [3.63, 3.8) is 0 Å². The van der Waals surface area contributed by atoms with Crippen molar-refractivity contribution >= 4 is 24.1 Å². The summed E-state index contributed by atoms with van der Waals surface area (Å²) in [6, 6.07) is 14.9. The minimum Gasteiger partial charge on any atom is -0.496 e. The minimum absolute atomic E-state index is 0.0353. The maximum Gasteiger partial charge on any atom is 0.290 e. The van der Waals surface area contributed by atoms with E-state index in [0.717, 1.165) is 31.8 Å². The van der Waals surface area contributed by atoms with Crippen LogP contribution in [0.1, 0.15) is 16.8 Å². The molecule has 1 amide bonds. The molecule has 1 saturated heterocycles. The van der Waals surface area contributed by atoms with Crippen LogP contribution in [0.2, 0.25) is 0 Å². The lowest BCUT2D eigenvalue weighted by atomic mass is 10.1. The van der Waals surface area contributed by atoms with Crippen LogP contribution >= 0.6 is 11.8 Å². The second-order valence-electron chi connectivity index (χ2n) is 6.57. The van der Waals surface area contributed by atoms with Gasteiger partial charge in [0.15, 0.2) is 0 Å². The first-order valence-corrected chi connectivity index (χ1v) is 10.7. The van der Waals surface area contributed by atoms with Gasteiger partial charge in [-0.15, -0.1) is 11.8 Å². The number of amides is 1. The van der Waals surface area contributed by atoms with Crippen LogP contribution in [0.5, 0.6) is 5.75 Å². The van der Waals surface area contributed by atoms with Crippen molar-refractivity contribution in [1.29, 1.82) is 0 Å². The van der Waals surface area contributed by atoms with Crippen LogP contribution < -0.4 is 4.74 Å². The third kappa shape index (κ3) is 7.03. The van der Waals surface area contributed by atoms with Gasteiger partial charge in [0, 0.05) is 36.8 Å². The van der Waals surface area contributed by atoms with Crippen LogP contribution in [0, 0.1) is 5.82 Å². The summed E-state index contributed by atoms with van der Waals surface area (Å²) in [6.45, 7) is 3.72. The number of nitrogens with zero attached hydrogens (tertiary/aromatic N) is 2. The Kier molecular flexibility index (Phi) is 10.2. The molecule has 0 radical (unpaired) electrons. The molecule has 0 spiro atoms. The maximum atomic E-state index is 14.2. The molecule has 1 aliphatic rings. The molecule has 0 atom stereocenters. The van der Waals surface area contributed by atoms with E-state index < -0.39 is 5.82 Å². The van der Waals surface area contributed by atoms with Crippen LogP contribution in [0.3, 0.4) is 0 Å². The quantitative estimate of drug-likeness (QED) is 0.555.